The Morgan fingerprint density at radius 1 is 0.973 bits per heavy atom. The van der Waals surface area contributed by atoms with Crippen LogP contribution in [0, 0.1) is 5.92 Å². The standard InChI is InChI=1S/C30H29N3O4/c1-21(10-8-9-19-34)30(37)25-20-24(15-17-27(25)32(29(30)36)23-13-6-3-7-14-23)33-28(35)18-16-26(31-33)22-11-4-2-5-12-22/h2-8,10-15,17,20-21,34,37H,9,16,18-19H2,1H3/b10-8+/t21-,30+/m1/s1. The highest BCUT2D eigenvalue weighted by atomic mass is 16.3. The van der Waals surface area contributed by atoms with Crippen molar-refractivity contribution in [1.82, 2.24) is 0 Å². The number of carbonyl (C=O) groups is 2. The Hall–Kier alpha value is -4.07. The highest BCUT2D eigenvalue weighted by molar-refractivity contribution is 6.13. The Morgan fingerprint density at radius 2 is 1.68 bits per heavy atom. The van der Waals surface area contributed by atoms with E-state index in [2.05, 4.69) is 5.10 Å². The molecule has 7 nitrogen and oxygen atoms in total. The summed E-state index contributed by atoms with van der Waals surface area (Å²) in [6, 6.07) is 24.1. The number of amides is 2. The maximum absolute atomic E-state index is 13.8. The maximum Gasteiger partial charge on any atom is 0.268 e. The van der Waals surface area contributed by atoms with Crippen LogP contribution in [0.2, 0.25) is 0 Å². The number of carbonyl (C=O) groups excluding carboxylic acids is 2. The molecule has 0 saturated heterocycles. The quantitative estimate of drug-likeness (QED) is 0.467. The number of hydrazone groups is 1. The normalized spacial score (nSPS) is 20.4. The fourth-order valence-corrected chi connectivity index (χ4v) is 4.93. The number of fused-ring (bicyclic) bond motifs is 1. The van der Waals surface area contributed by atoms with Gasteiger partial charge in [-0.15, -0.1) is 0 Å². The van der Waals surface area contributed by atoms with Crippen molar-refractivity contribution in [3.8, 4) is 0 Å². The molecule has 0 radical (unpaired) electrons. The fraction of sp³-hybridized carbons (Fsp3) is 0.233. The number of hydrogen-bond acceptors (Lipinski definition) is 5. The predicted molar refractivity (Wildman–Crippen MR) is 144 cm³/mol. The van der Waals surface area contributed by atoms with Gasteiger partial charge in [-0.1, -0.05) is 67.6 Å². The molecule has 37 heavy (non-hydrogen) atoms. The van der Waals surface area contributed by atoms with Gasteiger partial charge < -0.3 is 10.2 Å². The number of anilines is 3. The van der Waals surface area contributed by atoms with Crippen LogP contribution < -0.4 is 9.91 Å². The number of aliphatic hydroxyl groups is 2. The van der Waals surface area contributed by atoms with E-state index < -0.39 is 17.4 Å². The van der Waals surface area contributed by atoms with E-state index in [1.165, 1.54) is 9.91 Å². The van der Waals surface area contributed by atoms with Crippen LogP contribution in [0.5, 0.6) is 0 Å². The minimum atomic E-state index is -1.86. The van der Waals surface area contributed by atoms with Gasteiger partial charge in [0.1, 0.15) is 0 Å². The molecule has 2 aliphatic heterocycles. The van der Waals surface area contributed by atoms with Crippen molar-refractivity contribution in [3.05, 3.63) is 102 Å². The van der Waals surface area contributed by atoms with Crippen LogP contribution in [0.1, 0.15) is 37.3 Å². The van der Waals surface area contributed by atoms with Crippen molar-refractivity contribution in [2.45, 2.75) is 31.8 Å². The van der Waals surface area contributed by atoms with Crippen LogP contribution in [0.25, 0.3) is 0 Å². The summed E-state index contributed by atoms with van der Waals surface area (Å²) in [5.74, 6) is -1.21. The molecule has 2 heterocycles. The minimum Gasteiger partial charge on any atom is -0.396 e. The third kappa shape index (κ3) is 4.37. The molecule has 188 valence electrons. The van der Waals surface area contributed by atoms with E-state index in [4.69, 9.17) is 0 Å². The topological polar surface area (TPSA) is 93.4 Å². The molecule has 0 saturated carbocycles. The van der Waals surface area contributed by atoms with Gasteiger partial charge in [0.15, 0.2) is 5.60 Å². The molecule has 7 heteroatoms. The average Bonchev–Trinajstić information content (AvgIpc) is 3.16. The second-order valence-corrected chi connectivity index (χ2v) is 9.29. The number of hydrogen-bond donors (Lipinski definition) is 2. The zero-order valence-corrected chi connectivity index (χ0v) is 20.6. The van der Waals surface area contributed by atoms with Gasteiger partial charge in [0.05, 0.1) is 17.1 Å². The predicted octanol–water partition coefficient (Wildman–Crippen LogP) is 4.66. The summed E-state index contributed by atoms with van der Waals surface area (Å²) in [6.07, 6.45) is 4.78. The molecular formula is C30H29N3O4. The van der Waals surface area contributed by atoms with Gasteiger partial charge in [-0.2, -0.15) is 5.10 Å². The van der Waals surface area contributed by atoms with Gasteiger partial charge in [-0.25, -0.2) is 5.01 Å². The summed E-state index contributed by atoms with van der Waals surface area (Å²) >= 11 is 0. The molecule has 2 aliphatic rings. The van der Waals surface area contributed by atoms with Crippen molar-refractivity contribution in [2.24, 2.45) is 11.0 Å². The van der Waals surface area contributed by atoms with Crippen LogP contribution in [-0.2, 0) is 15.2 Å². The second kappa shape index (κ2) is 10.1. The lowest BCUT2D eigenvalue weighted by Gasteiger charge is -2.28. The number of benzene rings is 3. The lowest BCUT2D eigenvalue weighted by atomic mass is 9.82. The summed E-state index contributed by atoms with van der Waals surface area (Å²) in [7, 11) is 0. The van der Waals surface area contributed by atoms with Gasteiger partial charge >= 0.3 is 0 Å². The SMILES string of the molecule is C[C@H](/C=C/CCO)[C@@]1(O)C(=O)N(c2ccccc2)c2ccc(N3N=C(c4ccccc4)CCC3=O)cc21. The highest BCUT2D eigenvalue weighted by Gasteiger charge is 2.53. The summed E-state index contributed by atoms with van der Waals surface area (Å²) in [5, 5.41) is 27.2. The second-order valence-electron chi connectivity index (χ2n) is 9.29. The maximum atomic E-state index is 13.8. The molecule has 0 aliphatic carbocycles. The van der Waals surface area contributed by atoms with Crippen LogP contribution >= 0.6 is 0 Å². The van der Waals surface area contributed by atoms with Crippen LogP contribution in [0.3, 0.4) is 0 Å². The van der Waals surface area contributed by atoms with Crippen molar-refractivity contribution >= 4 is 34.6 Å². The Morgan fingerprint density at radius 3 is 2.38 bits per heavy atom. The fourth-order valence-electron chi connectivity index (χ4n) is 4.93. The van der Waals surface area contributed by atoms with Crippen LogP contribution in [-0.4, -0.2) is 34.3 Å². The molecule has 0 fully saturated rings. The van der Waals surface area contributed by atoms with E-state index in [9.17, 15) is 19.8 Å². The molecule has 0 aromatic heterocycles. The third-order valence-corrected chi connectivity index (χ3v) is 6.94. The first-order valence-corrected chi connectivity index (χ1v) is 12.4. The number of nitrogens with zero attached hydrogens (tertiary/aromatic N) is 3. The Labute approximate surface area is 216 Å². The number of rotatable bonds is 7. The largest absolute Gasteiger partial charge is 0.396 e. The molecule has 2 atom stereocenters. The smallest absolute Gasteiger partial charge is 0.268 e. The van der Waals surface area contributed by atoms with Gasteiger partial charge in [0, 0.05) is 36.6 Å². The number of aliphatic hydroxyl groups excluding tert-OH is 1. The average molecular weight is 496 g/mol. The van der Waals surface area contributed by atoms with Gasteiger partial charge in [0.2, 0.25) is 5.91 Å². The molecule has 3 aromatic carbocycles. The van der Waals surface area contributed by atoms with Crippen molar-refractivity contribution < 1.29 is 19.8 Å². The van der Waals surface area contributed by atoms with Crippen molar-refractivity contribution in [3.63, 3.8) is 0 Å². The first-order chi connectivity index (χ1) is 17.9. The number of para-hydroxylation sites is 1. The van der Waals surface area contributed by atoms with Crippen LogP contribution in [0.4, 0.5) is 17.1 Å². The molecule has 5 rings (SSSR count). The van der Waals surface area contributed by atoms with Crippen molar-refractivity contribution in [1.29, 1.82) is 0 Å². The van der Waals surface area contributed by atoms with Gasteiger partial charge in [-0.3, -0.25) is 14.5 Å². The van der Waals surface area contributed by atoms with E-state index >= 15 is 0 Å². The lowest BCUT2D eigenvalue weighted by molar-refractivity contribution is -0.138. The molecule has 2 N–H and O–H groups in total. The first kappa shape index (κ1) is 24.6. The minimum absolute atomic E-state index is 0.0225. The molecular weight excluding hydrogens is 466 g/mol. The molecule has 0 unspecified atom stereocenters. The van der Waals surface area contributed by atoms with E-state index in [0.29, 0.717) is 41.9 Å². The van der Waals surface area contributed by atoms with E-state index in [1.807, 2.05) is 60.7 Å². The van der Waals surface area contributed by atoms with Gasteiger partial charge in [-0.05, 0) is 42.3 Å². The third-order valence-electron chi connectivity index (χ3n) is 6.94. The molecule has 0 bridgehead atoms. The van der Waals surface area contributed by atoms with Crippen LogP contribution in [0.15, 0.2) is 96.1 Å². The molecule has 3 aromatic rings. The van der Waals surface area contributed by atoms with Crippen molar-refractivity contribution in [2.75, 3.05) is 16.5 Å². The monoisotopic (exact) mass is 495 g/mol. The lowest BCUT2D eigenvalue weighted by Crippen LogP contribution is -2.42. The Balaban J connectivity index is 1.62. The zero-order valence-electron chi connectivity index (χ0n) is 20.6. The Bertz CT molecular complexity index is 1370. The first-order valence-electron chi connectivity index (χ1n) is 12.4. The zero-order chi connectivity index (χ0) is 26.0. The summed E-state index contributed by atoms with van der Waals surface area (Å²) in [4.78, 5) is 28.3. The summed E-state index contributed by atoms with van der Waals surface area (Å²) in [5.41, 5.74) is 1.99. The highest BCUT2D eigenvalue weighted by Crippen LogP contribution is 2.49. The van der Waals surface area contributed by atoms with E-state index in [-0.39, 0.29) is 12.5 Å². The molecule has 0 spiro atoms. The molecule has 2 amide bonds. The van der Waals surface area contributed by atoms with E-state index in [1.54, 1.807) is 37.3 Å². The summed E-state index contributed by atoms with van der Waals surface area (Å²) in [6.45, 7) is 1.75. The van der Waals surface area contributed by atoms with Gasteiger partial charge in [0.25, 0.3) is 5.91 Å². The van der Waals surface area contributed by atoms with E-state index in [0.717, 1.165) is 11.3 Å². The summed E-state index contributed by atoms with van der Waals surface area (Å²) < 4.78 is 0. The Kier molecular flexibility index (Phi) is 6.74.